The third kappa shape index (κ3) is 4.18. The van der Waals surface area contributed by atoms with Gasteiger partial charge in [-0.15, -0.1) is 0 Å². The van der Waals surface area contributed by atoms with Gasteiger partial charge in [0.1, 0.15) is 0 Å². The van der Waals surface area contributed by atoms with Crippen LogP contribution in [0.4, 0.5) is 0 Å². The molecule has 0 fully saturated rings. The molecule has 0 radical (unpaired) electrons. The lowest BCUT2D eigenvalue weighted by Gasteiger charge is -2.25. The number of aromatic nitrogens is 2. The van der Waals surface area contributed by atoms with Crippen LogP contribution in [0, 0.1) is 13.8 Å². The topological polar surface area (TPSA) is 112 Å². The minimum absolute atomic E-state index is 0.0655. The van der Waals surface area contributed by atoms with Crippen LogP contribution in [-0.4, -0.2) is 32.5 Å². The number of carbonyl (C=O) groups excluding carboxylic acids is 1. The summed E-state index contributed by atoms with van der Waals surface area (Å²) in [7, 11) is 0. The van der Waals surface area contributed by atoms with Gasteiger partial charge in [0.15, 0.2) is 5.69 Å². The number of nitrogens with one attached hydrogen (secondary N) is 2. The molecule has 1 amide bonds. The SMILES string of the molecule is Cc1nc(C(=O)NC(C)(C)CCC(=O)O)c(=O)[nH]c1C. The lowest BCUT2D eigenvalue weighted by Crippen LogP contribution is -2.45. The van der Waals surface area contributed by atoms with Gasteiger partial charge in [0.05, 0.1) is 5.69 Å². The lowest BCUT2D eigenvalue weighted by atomic mass is 9.98. The molecule has 0 aliphatic carbocycles. The van der Waals surface area contributed by atoms with Crippen LogP contribution >= 0.6 is 0 Å². The van der Waals surface area contributed by atoms with E-state index in [1.807, 2.05) is 0 Å². The maximum Gasteiger partial charge on any atom is 0.303 e. The number of amides is 1. The largest absolute Gasteiger partial charge is 0.481 e. The smallest absolute Gasteiger partial charge is 0.303 e. The minimum atomic E-state index is -0.936. The van der Waals surface area contributed by atoms with Gasteiger partial charge in [-0.3, -0.25) is 14.4 Å². The van der Waals surface area contributed by atoms with Crippen molar-refractivity contribution in [3.63, 3.8) is 0 Å². The number of carbonyl (C=O) groups is 2. The molecule has 0 spiro atoms. The van der Waals surface area contributed by atoms with Crippen LogP contribution < -0.4 is 10.9 Å². The molecular formula is C13H19N3O4. The maximum absolute atomic E-state index is 12.0. The van der Waals surface area contributed by atoms with Crippen LogP contribution in [0.1, 0.15) is 48.6 Å². The fraction of sp³-hybridized carbons (Fsp3) is 0.538. The maximum atomic E-state index is 12.0. The van der Waals surface area contributed by atoms with E-state index in [2.05, 4.69) is 15.3 Å². The quantitative estimate of drug-likeness (QED) is 0.737. The molecule has 20 heavy (non-hydrogen) atoms. The van der Waals surface area contributed by atoms with Crippen LogP contribution in [0.3, 0.4) is 0 Å². The van der Waals surface area contributed by atoms with Crippen molar-refractivity contribution in [1.82, 2.24) is 15.3 Å². The summed E-state index contributed by atoms with van der Waals surface area (Å²) in [5.74, 6) is -1.54. The second kappa shape index (κ2) is 5.85. The molecule has 0 aromatic carbocycles. The molecule has 1 heterocycles. The summed E-state index contributed by atoms with van der Waals surface area (Å²) in [4.78, 5) is 40.8. The van der Waals surface area contributed by atoms with E-state index in [1.165, 1.54) is 0 Å². The second-order valence-corrected chi connectivity index (χ2v) is 5.36. The number of rotatable bonds is 5. The first kappa shape index (κ1) is 15.9. The Morgan fingerprint density at radius 2 is 1.95 bits per heavy atom. The molecule has 7 heteroatoms. The van der Waals surface area contributed by atoms with Crippen molar-refractivity contribution in [2.75, 3.05) is 0 Å². The van der Waals surface area contributed by atoms with Crippen molar-refractivity contribution in [3.05, 3.63) is 27.4 Å². The molecule has 0 bridgehead atoms. The van der Waals surface area contributed by atoms with Gasteiger partial charge in [-0.25, -0.2) is 4.98 Å². The minimum Gasteiger partial charge on any atom is -0.481 e. The van der Waals surface area contributed by atoms with Crippen molar-refractivity contribution in [2.24, 2.45) is 0 Å². The van der Waals surface area contributed by atoms with Crippen LogP contribution in [0.5, 0.6) is 0 Å². The van der Waals surface area contributed by atoms with Gasteiger partial charge >= 0.3 is 5.97 Å². The number of nitrogens with zero attached hydrogens (tertiary/aromatic N) is 1. The summed E-state index contributed by atoms with van der Waals surface area (Å²) in [5, 5.41) is 11.3. The zero-order valence-electron chi connectivity index (χ0n) is 12.0. The van der Waals surface area contributed by atoms with Gasteiger partial charge in [0.2, 0.25) is 0 Å². The molecule has 0 atom stereocenters. The van der Waals surface area contributed by atoms with E-state index in [1.54, 1.807) is 27.7 Å². The summed E-state index contributed by atoms with van der Waals surface area (Å²) < 4.78 is 0. The van der Waals surface area contributed by atoms with Crippen molar-refractivity contribution in [2.45, 2.75) is 46.1 Å². The number of aliphatic carboxylic acids is 1. The Labute approximate surface area is 116 Å². The number of hydrogen-bond acceptors (Lipinski definition) is 4. The Morgan fingerprint density at radius 1 is 1.35 bits per heavy atom. The van der Waals surface area contributed by atoms with Gasteiger partial charge in [-0.2, -0.15) is 0 Å². The fourth-order valence-corrected chi connectivity index (χ4v) is 1.62. The van der Waals surface area contributed by atoms with E-state index in [4.69, 9.17) is 5.11 Å². The van der Waals surface area contributed by atoms with Gasteiger partial charge in [-0.05, 0) is 34.1 Å². The monoisotopic (exact) mass is 281 g/mol. The Bertz CT molecular complexity index is 590. The molecule has 1 rings (SSSR count). The normalized spacial score (nSPS) is 11.2. The zero-order valence-corrected chi connectivity index (χ0v) is 12.0. The first-order chi connectivity index (χ1) is 9.12. The summed E-state index contributed by atoms with van der Waals surface area (Å²) in [6.45, 7) is 6.78. The lowest BCUT2D eigenvalue weighted by molar-refractivity contribution is -0.137. The Hall–Kier alpha value is -2.18. The molecule has 0 saturated heterocycles. The molecule has 0 aliphatic rings. The Morgan fingerprint density at radius 3 is 2.50 bits per heavy atom. The average molecular weight is 281 g/mol. The van der Waals surface area contributed by atoms with Crippen LogP contribution in [0.2, 0.25) is 0 Å². The van der Waals surface area contributed by atoms with E-state index < -0.39 is 23.0 Å². The van der Waals surface area contributed by atoms with Crippen molar-refractivity contribution in [3.8, 4) is 0 Å². The highest BCUT2D eigenvalue weighted by molar-refractivity contribution is 5.92. The van der Waals surface area contributed by atoms with E-state index >= 15 is 0 Å². The fourth-order valence-electron chi connectivity index (χ4n) is 1.62. The van der Waals surface area contributed by atoms with Crippen LogP contribution in [0.15, 0.2) is 4.79 Å². The molecular weight excluding hydrogens is 262 g/mol. The third-order valence-electron chi connectivity index (χ3n) is 2.97. The number of aryl methyl sites for hydroxylation is 2. The predicted octanol–water partition coefficient (Wildman–Crippen LogP) is 0.760. The number of H-pyrrole nitrogens is 1. The summed E-state index contributed by atoms with van der Waals surface area (Å²) in [5.41, 5.74) is -0.325. The Balaban J connectivity index is 2.89. The van der Waals surface area contributed by atoms with E-state index in [0.717, 1.165) is 0 Å². The molecule has 0 aliphatic heterocycles. The zero-order chi connectivity index (χ0) is 15.5. The second-order valence-electron chi connectivity index (χ2n) is 5.36. The molecule has 0 unspecified atom stereocenters. The van der Waals surface area contributed by atoms with Crippen LogP contribution in [0.25, 0.3) is 0 Å². The van der Waals surface area contributed by atoms with Crippen molar-refractivity contribution < 1.29 is 14.7 Å². The van der Waals surface area contributed by atoms with Crippen molar-refractivity contribution >= 4 is 11.9 Å². The predicted molar refractivity (Wildman–Crippen MR) is 72.7 cm³/mol. The number of carboxylic acid groups (broad SMARTS) is 1. The van der Waals surface area contributed by atoms with Gasteiger partial charge in [0, 0.05) is 17.7 Å². The highest BCUT2D eigenvalue weighted by atomic mass is 16.4. The Kier molecular flexibility index (Phi) is 4.65. The molecule has 1 aromatic heterocycles. The average Bonchev–Trinajstić information content (AvgIpc) is 2.30. The summed E-state index contributed by atoms with van der Waals surface area (Å²) >= 11 is 0. The first-order valence-electron chi connectivity index (χ1n) is 6.24. The highest BCUT2D eigenvalue weighted by Crippen LogP contribution is 2.11. The number of carboxylic acids is 1. The first-order valence-corrected chi connectivity index (χ1v) is 6.24. The van der Waals surface area contributed by atoms with Gasteiger partial charge in [0.25, 0.3) is 11.5 Å². The van der Waals surface area contributed by atoms with E-state index in [9.17, 15) is 14.4 Å². The summed E-state index contributed by atoms with van der Waals surface area (Å²) in [6.07, 6.45) is 0.195. The molecule has 7 nitrogen and oxygen atoms in total. The molecule has 3 N–H and O–H groups in total. The number of hydrogen-bond donors (Lipinski definition) is 3. The molecule has 1 aromatic rings. The van der Waals surface area contributed by atoms with Crippen LogP contribution in [-0.2, 0) is 4.79 Å². The molecule has 110 valence electrons. The third-order valence-corrected chi connectivity index (χ3v) is 2.97. The molecule has 0 saturated carbocycles. The van der Waals surface area contributed by atoms with Gasteiger partial charge in [-0.1, -0.05) is 0 Å². The summed E-state index contributed by atoms with van der Waals surface area (Å²) in [6, 6.07) is 0. The standard InChI is InChI=1S/C13H19N3O4/c1-7-8(2)15-11(19)10(14-7)12(20)16-13(3,4)6-5-9(17)18/h5-6H2,1-4H3,(H,15,19)(H,16,20)(H,17,18). The van der Waals surface area contributed by atoms with Gasteiger partial charge < -0.3 is 15.4 Å². The van der Waals surface area contributed by atoms with Crippen molar-refractivity contribution in [1.29, 1.82) is 0 Å². The highest BCUT2D eigenvalue weighted by Gasteiger charge is 2.24. The number of aromatic amines is 1. The van der Waals surface area contributed by atoms with E-state index in [-0.39, 0.29) is 18.5 Å². The van der Waals surface area contributed by atoms with E-state index in [0.29, 0.717) is 11.4 Å².